The van der Waals surface area contributed by atoms with Crippen LogP contribution in [-0.2, 0) is 23.8 Å². The van der Waals surface area contributed by atoms with Gasteiger partial charge in [-0.1, -0.05) is 19.3 Å². The van der Waals surface area contributed by atoms with Gasteiger partial charge in [0.05, 0.1) is 32.4 Å². The first-order valence-corrected chi connectivity index (χ1v) is 8.98. The summed E-state index contributed by atoms with van der Waals surface area (Å²) in [5.74, 6) is -1.57. The second-order valence-corrected chi connectivity index (χ2v) is 7.17. The molecule has 0 bridgehead atoms. The molecule has 0 radical (unpaired) electrons. The van der Waals surface area contributed by atoms with Crippen molar-refractivity contribution in [3.05, 3.63) is 0 Å². The Morgan fingerprint density at radius 2 is 1.62 bits per heavy atom. The largest absolute Gasteiger partial charge is 0.469 e. The van der Waals surface area contributed by atoms with Crippen LogP contribution in [0.15, 0.2) is 0 Å². The zero-order chi connectivity index (χ0) is 20.2. The van der Waals surface area contributed by atoms with E-state index in [1.165, 1.54) is 14.2 Å². The summed E-state index contributed by atoms with van der Waals surface area (Å²) in [7, 11) is 2.52. The Labute approximate surface area is 155 Å². The predicted molar refractivity (Wildman–Crippen MR) is 95.0 cm³/mol. The maximum atomic E-state index is 12.1. The van der Waals surface area contributed by atoms with Gasteiger partial charge in [0.25, 0.3) is 0 Å². The van der Waals surface area contributed by atoms with E-state index < -0.39 is 35.9 Å². The summed E-state index contributed by atoms with van der Waals surface area (Å²) in [6, 6.07) is -0.924. The Hall–Kier alpha value is -1.25. The van der Waals surface area contributed by atoms with Crippen molar-refractivity contribution in [2.45, 2.75) is 77.4 Å². The molecule has 0 heterocycles. The number of ether oxygens (including phenoxy) is 3. The molecule has 8 heteroatoms. The van der Waals surface area contributed by atoms with E-state index in [1.54, 1.807) is 20.8 Å². The third-order valence-electron chi connectivity index (χ3n) is 3.79. The highest BCUT2D eigenvalue weighted by Crippen LogP contribution is 2.19. The fourth-order valence-corrected chi connectivity index (χ4v) is 2.54. The number of nitrogens with one attached hydrogen (secondary N) is 1. The van der Waals surface area contributed by atoms with Crippen LogP contribution in [0.3, 0.4) is 0 Å². The van der Waals surface area contributed by atoms with Gasteiger partial charge < -0.3 is 19.3 Å². The molecule has 0 fully saturated rings. The monoisotopic (exact) mass is 379 g/mol. The van der Waals surface area contributed by atoms with Gasteiger partial charge in [0.2, 0.25) is 6.41 Å². The molecule has 3 unspecified atom stereocenters. The summed E-state index contributed by atoms with van der Waals surface area (Å²) in [5.41, 5.74) is -0.620. The number of aliphatic hydroxyl groups is 1. The standard InChI is InChI=1S/C18H34FNO6/c1-18(2,3)26-17(23)20-14(16(22)25-5)12-13(15(21)24-4)10-8-6-7-9-11-19/h13-14,17,20,23H,6-12H2,1-5H3. The van der Waals surface area contributed by atoms with Gasteiger partial charge in [-0.2, -0.15) is 0 Å². The summed E-state index contributed by atoms with van der Waals surface area (Å²) in [6.07, 6.45) is 1.99. The number of unbranched alkanes of at least 4 members (excludes halogenated alkanes) is 3. The number of halogens is 1. The fraction of sp³-hybridized carbons (Fsp3) is 0.889. The number of carbonyl (C=O) groups is 2. The Kier molecular flexibility index (Phi) is 12.4. The summed E-state index contributed by atoms with van der Waals surface area (Å²) >= 11 is 0. The summed E-state index contributed by atoms with van der Waals surface area (Å²) < 4.78 is 27.0. The first kappa shape index (κ1) is 24.8. The molecule has 0 spiro atoms. The third kappa shape index (κ3) is 11.4. The van der Waals surface area contributed by atoms with Crippen LogP contribution in [0.5, 0.6) is 0 Å². The van der Waals surface area contributed by atoms with Crippen LogP contribution >= 0.6 is 0 Å². The number of hydrogen-bond acceptors (Lipinski definition) is 7. The molecule has 0 aliphatic rings. The topological polar surface area (TPSA) is 94.1 Å². The highest BCUT2D eigenvalue weighted by atomic mass is 19.1. The van der Waals surface area contributed by atoms with E-state index >= 15 is 0 Å². The first-order valence-electron chi connectivity index (χ1n) is 8.98. The number of methoxy groups -OCH3 is 2. The maximum Gasteiger partial charge on any atom is 0.323 e. The van der Waals surface area contributed by atoms with Crippen molar-refractivity contribution in [1.29, 1.82) is 0 Å². The Morgan fingerprint density at radius 1 is 1.04 bits per heavy atom. The molecule has 0 aliphatic heterocycles. The van der Waals surface area contributed by atoms with Crippen LogP contribution in [0.2, 0.25) is 0 Å². The molecule has 3 atom stereocenters. The number of carbonyl (C=O) groups excluding carboxylic acids is 2. The molecule has 0 aromatic heterocycles. The van der Waals surface area contributed by atoms with Crippen molar-refractivity contribution in [2.24, 2.45) is 5.92 Å². The van der Waals surface area contributed by atoms with Crippen LogP contribution in [-0.4, -0.2) is 56.0 Å². The van der Waals surface area contributed by atoms with E-state index in [9.17, 15) is 19.1 Å². The van der Waals surface area contributed by atoms with E-state index in [2.05, 4.69) is 5.32 Å². The van der Waals surface area contributed by atoms with E-state index in [4.69, 9.17) is 14.2 Å². The van der Waals surface area contributed by atoms with Gasteiger partial charge >= 0.3 is 11.9 Å². The molecule has 26 heavy (non-hydrogen) atoms. The van der Waals surface area contributed by atoms with Gasteiger partial charge in [0.15, 0.2) is 0 Å². The van der Waals surface area contributed by atoms with Crippen molar-refractivity contribution >= 4 is 11.9 Å². The highest BCUT2D eigenvalue weighted by molar-refractivity contribution is 5.78. The van der Waals surface area contributed by atoms with Crippen LogP contribution in [0, 0.1) is 5.92 Å². The number of hydrogen-bond donors (Lipinski definition) is 2. The Morgan fingerprint density at radius 3 is 2.12 bits per heavy atom. The zero-order valence-corrected chi connectivity index (χ0v) is 16.5. The molecule has 0 amide bonds. The van der Waals surface area contributed by atoms with Gasteiger partial charge in [-0.05, 0) is 40.0 Å². The molecular weight excluding hydrogens is 345 g/mol. The van der Waals surface area contributed by atoms with Crippen LogP contribution < -0.4 is 5.32 Å². The Balaban J connectivity index is 4.85. The lowest BCUT2D eigenvalue weighted by atomic mass is 9.93. The lowest BCUT2D eigenvalue weighted by molar-refractivity contribution is -0.191. The van der Waals surface area contributed by atoms with E-state index in [0.717, 1.165) is 12.8 Å². The molecule has 0 rings (SSSR count). The van der Waals surface area contributed by atoms with Crippen LogP contribution in [0.4, 0.5) is 4.39 Å². The predicted octanol–water partition coefficient (Wildman–Crippen LogP) is 2.31. The minimum atomic E-state index is -1.39. The van der Waals surface area contributed by atoms with Crippen molar-refractivity contribution in [2.75, 3.05) is 20.9 Å². The van der Waals surface area contributed by atoms with E-state index in [1.807, 2.05) is 0 Å². The lowest BCUT2D eigenvalue weighted by Gasteiger charge is -2.28. The SMILES string of the molecule is COC(=O)C(CCCCCCF)CC(NC(O)OC(C)(C)C)C(=O)OC. The summed E-state index contributed by atoms with van der Waals surface area (Å²) in [4.78, 5) is 24.1. The number of esters is 2. The van der Waals surface area contributed by atoms with Crippen molar-refractivity contribution in [3.8, 4) is 0 Å². The van der Waals surface area contributed by atoms with Gasteiger partial charge in [-0.3, -0.25) is 19.3 Å². The molecular formula is C18H34FNO6. The molecule has 0 aromatic rings. The van der Waals surface area contributed by atoms with Crippen molar-refractivity contribution in [1.82, 2.24) is 5.32 Å². The van der Waals surface area contributed by atoms with Crippen molar-refractivity contribution in [3.63, 3.8) is 0 Å². The zero-order valence-electron chi connectivity index (χ0n) is 16.5. The average molecular weight is 379 g/mol. The molecule has 0 aliphatic carbocycles. The minimum Gasteiger partial charge on any atom is -0.469 e. The number of aliphatic hydroxyl groups excluding tert-OH is 1. The molecule has 154 valence electrons. The highest BCUT2D eigenvalue weighted by Gasteiger charge is 2.31. The third-order valence-corrected chi connectivity index (χ3v) is 3.79. The normalized spacial score (nSPS) is 15.2. The van der Waals surface area contributed by atoms with Gasteiger partial charge in [-0.25, -0.2) is 0 Å². The quantitative estimate of drug-likeness (QED) is 0.288. The molecule has 0 aromatic carbocycles. The first-order chi connectivity index (χ1) is 12.1. The van der Waals surface area contributed by atoms with Gasteiger partial charge in [-0.15, -0.1) is 0 Å². The smallest absolute Gasteiger partial charge is 0.323 e. The molecule has 7 nitrogen and oxygen atoms in total. The van der Waals surface area contributed by atoms with Crippen LogP contribution in [0.25, 0.3) is 0 Å². The van der Waals surface area contributed by atoms with E-state index in [0.29, 0.717) is 19.3 Å². The summed E-state index contributed by atoms with van der Waals surface area (Å²) in [5, 5.41) is 12.6. The maximum absolute atomic E-state index is 12.1. The summed E-state index contributed by atoms with van der Waals surface area (Å²) in [6.45, 7) is 4.94. The average Bonchev–Trinajstić information content (AvgIpc) is 2.56. The fourth-order valence-electron chi connectivity index (χ4n) is 2.54. The second-order valence-electron chi connectivity index (χ2n) is 7.17. The Bertz CT molecular complexity index is 413. The molecule has 0 saturated carbocycles. The lowest BCUT2D eigenvalue weighted by Crippen LogP contribution is -2.48. The minimum absolute atomic E-state index is 0.104. The molecule has 2 N–H and O–H groups in total. The van der Waals surface area contributed by atoms with Crippen molar-refractivity contribution < 1.29 is 33.3 Å². The second kappa shape index (κ2) is 13.0. The van der Waals surface area contributed by atoms with Gasteiger partial charge in [0.1, 0.15) is 6.04 Å². The number of rotatable bonds is 13. The van der Waals surface area contributed by atoms with Gasteiger partial charge in [0, 0.05) is 0 Å². The van der Waals surface area contributed by atoms with E-state index in [-0.39, 0.29) is 13.1 Å². The molecule has 0 saturated heterocycles. The number of alkyl halides is 1. The van der Waals surface area contributed by atoms with Crippen LogP contribution in [0.1, 0.15) is 59.3 Å².